The predicted octanol–water partition coefficient (Wildman–Crippen LogP) is 3.18. The maximum Gasteiger partial charge on any atom is 0.256 e. The maximum atomic E-state index is 12.4. The predicted molar refractivity (Wildman–Crippen MR) is 106 cm³/mol. The molecule has 2 amide bonds. The summed E-state index contributed by atoms with van der Waals surface area (Å²) in [6.07, 6.45) is 0. The third kappa shape index (κ3) is 4.92. The van der Waals surface area contributed by atoms with Crippen LogP contribution >= 0.6 is 0 Å². The van der Waals surface area contributed by atoms with Gasteiger partial charge in [-0.25, -0.2) is 0 Å². The van der Waals surface area contributed by atoms with E-state index in [-0.39, 0.29) is 11.8 Å². The highest BCUT2D eigenvalue weighted by atomic mass is 16.5. The molecule has 0 spiro atoms. The van der Waals surface area contributed by atoms with Crippen LogP contribution in [0.3, 0.4) is 0 Å². The first-order valence-electron chi connectivity index (χ1n) is 8.84. The Labute approximate surface area is 167 Å². The first-order valence-corrected chi connectivity index (χ1v) is 8.84. The van der Waals surface area contributed by atoms with Crippen LogP contribution in [0.15, 0.2) is 53.1 Å². The van der Waals surface area contributed by atoms with Gasteiger partial charge in [-0.15, -0.1) is 0 Å². The van der Waals surface area contributed by atoms with Crippen molar-refractivity contribution in [2.75, 3.05) is 19.5 Å². The summed E-state index contributed by atoms with van der Waals surface area (Å²) in [5, 5.41) is 9.18. The zero-order valence-electron chi connectivity index (χ0n) is 16.3. The Bertz CT molecular complexity index is 1010. The molecule has 0 saturated carbocycles. The van der Waals surface area contributed by atoms with E-state index in [1.165, 1.54) is 0 Å². The minimum Gasteiger partial charge on any atom is -0.493 e. The van der Waals surface area contributed by atoms with Crippen molar-refractivity contribution in [3.63, 3.8) is 0 Å². The van der Waals surface area contributed by atoms with Crippen LogP contribution in [0.25, 0.3) is 0 Å². The Kier molecular flexibility index (Phi) is 6.13. The van der Waals surface area contributed by atoms with Gasteiger partial charge in [-0.05, 0) is 48.9 Å². The second-order valence-electron chi connectivity index (χ2n) is 6.23. The Morgan fingerprint density at radius 1 is 0.931 bits per heavy atom. The normalized spacial score (nSPS) is 10.3. The summed E-state index contributed by atoms with van der Waals surface area (Å²) in [5.41, 5.74) is 1.72. The smallest absolute Gasteiger partial charge is 0.256 e. The molecule has 0 bridgehead atoms. The topological polar surface area (TPSA) is 103 Å². The van der Waals surface area contributed by atoms with Crippen molar-refractivity contribution in [2.24, 2.45) is 0 Å². The van der Waals surface area contributed by atoms with Crippen LogP contribution in [-0.2, 0) is 6.54 Å². The Balaban J connectivity index is 1.59. The number of ether oxygens (including phenoxy) is 2. The van der Waals surface area contributed by atoms with Crippen molar-refractivity contribution in [3.8, 4) is 11.5 Å². The van der Waals surface area contributed by atoms with Gasteiger partial charge in [-0.1, -0.05) is 11.2 Å². The number of hydrogen-bond donors (Lipinski definition) is 2. The molecule has 8 nitrogen and oxygen atoms in total. The number of methoxy groups -OCH3 is 2. The number of carbonyl (C=O) groups is 2. The van der Waals surface area contributed by atoms with Gasteiger partial charge in [0.15, 0.2) is 17.3 Å². The molecule has 2 aromatic carbocycles. The zero-order valence-corrected chi connectivity index (χ0v) is 16.3. The Morgan fingerprint density at radius 3 is 2.17 bits per heavy atom. The van der Waals surface area contributed by atoms with Gasteiger partial charge in [-0.3, -0.25) is 9.59 Å². The van der Waals surface area contributed by atoms with Crippen LogP contribution in [0.5, 0.6) is 11.5 Å². The lowest BCUT2D eigenvalue weighted by atomic mass is 10.1. The minimum atomic E-state index is -0.337. The van der Waals surface area contributed by atoms with Crippen LogP contribution in [0, 0.1) is 6.92 Å². The molecule has 0 aliphatic carbocycles. The Morgan fingerprint density at radius 2 is 1.59 bits per heavy atom. The van der Waals surface area contributed by atoms with Gasteiger partial charge in [0.05, 0.1) is 14.2 Å². The largest absolute Gasteiger partial charge is 0.493 e. The fraction of sp³-hybridized carbons (Fsp3) is 0.190. The van der Waals surface area contributed by atoms with Crippen molar-refractivity contribution < 1.29 is 23.6 Å². The van der Waals surface area contributed by atoms with Gasteiger partial charge in [0.25, 0.3) is 11.8 Å². The van der Waals surface area contributed by atoms with Gasteiger partial charge in [0, 0.05) is 23.7 Å². The molecule has 3 aromatic rings. The van der Waals surface area contributed by atoms with E-state index >= 15 is 0 Å². The molecule has 1 heterocycles. The summed E-state index contributed by atoms with van der Waals surface area (Å²) in [4.78, 5) is 24.6. The summed E-state index contributed by atoms with van der Waals surface area (Å²) in [6, 6.07) is 13.4. The van der Waals surface area contributed by atoms with Gasteiger partial charge in [-0.2, -0.15) is 0 Å². The lowest BCUT2D eigenvalue weighted by molar-refractivity contribution is 0.0949. The van der Waals surface area contributed by atoms with Gasteiger partial charge in [0.2, 0.25) is 0 Å². The summed E-state index contributed by atoms with van der Waals surface area (Å²) in [6.45, 7) is 2.06. The highest BCUT2D eigenvalue weighted by Crippen LogP contribution is 2.27. The number of anilines is 1. The molecule has 0 fully saturated rings. The summed E-state index contributed by atoms with van der Waals surface area (Å²) >= 11 is 0. The van der Waals surface area contributed by atoms with Gasteiger partial charge >= 0.3 is 0 Å². The molecule has 3 rings (SSSR count). The van der Waals surface area contributed by atoms with Crippen molar-refractivity contribution in [2.45, 2.75) is 13.5 Å². The molecule has 150 valence electrons. The second-order valence-corrected chi connectivity index (χ2v) is 6.23. The van der Waals surface area contributed by atoms with E-state index in [1.807, 2.05) is 6.07 Å². The molecule has 0 aliphatic rings. The highest BCUT2D eigenvalue weighted by Gasteiger charge is 2.11. The van der Waals surface area contributed by atoms with Crippen LogP contribution in [0.4, 0.5) is 5.82 Å². The van der Waals surface area contributed by atoms with Crippen molar-refractivity contribution in [3.05, 3.63) is 71.0 Å². The third-order valence-corrected chi connectivity index (χ3v) is 4.18. The summed E-state index contributed by atoms with van der Waals surface area (Å²) in [5.74, 6) is 1.56. The number of aryl methyl sites for hydroxylation is 1. The first-order chi connectivity index (χ1) is 14.0. The third-order valence-electron chi connectivity index (χ3n) is 4.18. The molecule has 0 atom stereocenters. The van der Waals surface area contributed by atoms with Crippen LogP contribution in [-0.4, -0.2) is 31.2 Å². The van der Waals surface area contributed by atoms with E-state index < -0.39 is 0 Å². The van der Waals surface area contributed by atoms with Gasteiger partial charge < -0.3 is 24.6 Å². The lowest BCUT2D eigenvalue weighted by Crippen LogP contribution is -2.23. The molecule has 0 aliphatic heterocycles. The van der Waals surface area contributed by atoms with Crippen LogP contribution < -0.4 is 20.1 Å². The summed E-state index contributed by atoms with van der Waals surface area (Å²) in [7, 11) is 3.12. The molecule has 29 heavy (non-hydrogen) atoms. The van der Waals surface area contributed by atoms with Crippen molar-refractivity contribution in [1.82, 2.24) is 10.5 Å². The van der Waals surface area contributed by atoms with E-state index in [0.29, 0.717) is 40.7 Å². The Hall–Kier alpha value is -3.81. The molecule has 0 saturated heterocycles. The zero-order chi connectivity index (χ0) is 20.8. The number of nitrogens with zero attached hydrogens (tertiary/aromatic N) is 1. The molecular formula is C21H21N3O5. The van der Waals surface area contributed by atoms with E-state index in [2.05, 4.69) is 15.8 Å². The van der Waals surface area contributed by atoms with Crippen LogP contribution in [0.1, 0.15) is 32.0 Å². The molecule has 8 heteroatoms. The SMILES string of the molecule is COc1ccc(CNC(=O)c2ccc(C(=O)Nc3cc(C)on3)cc2)cc1OC. The lowest BCUT2D eigenvalue weighted by Gasteiger charge is -2.10. The standard InChI is InChI=1S/C21H21N3O5/c1-13-10-19(24-29-13)23-21(26)16-7-5-15(6-8-16)20(25)22-12-14-4-9-17(27-2)18(11-14)28-3/h4-11H,12H2,1-3H3,(H,22,25)(H,23,24,26). The molecule has 0 radical (unpaired) electrons. The molecule has 1 aromatic heterocycles. The quantitative estimate of drug-likeness (QED) is 0.637. The fourth-order valence-electron chi connectivity index (χ4n) is 2.66. The van der Waals surface area contributed by atoms with E-state index in [0.717, 1.165) is 5.56 Å². The number of amides is 2. The van der Waals surface area contributed by atoms with Gasteiger partial charge in [0.1, 0.15) is 5.76 Å². The maximum absolute atomic E-state index is 12.4. The van der Waals surface area contributed by atoms with Crippen molar-refractivity contribution >= 4 is 17.6 Å². The second kappa shape index (κ2) is 8.92. The fourth-order valence-corrected chi connectivity index (χ4v) is 2.66. The monoisotopic (exact) mass is 395 g/mol. The minimum absolute atomic E-state index is 0.251. The number of rotatable bonds is 7. The van der Waals surface area contributed by atoms with E-state index in [1.54, 1.807) is 63.6 Å². The van der Waals surface area contributed by atoms with Crippen molar-refractivity contribution in [1.29, 1.82) is 0 Å². The molecular weight excluding hydrogens is 374 g/mol. The number of nitrogens with one attached hydrogen (secondary N) is 2. The number of benzene rings is 2. The highest BCUT2D eigenvalue weighted by molar-refractivity contribution is 6.04. The summed E-state index contributed by atoms with van der Waals surface area (Å²) < 4.78 is 15.4. The average Bonchev–Trinajstić information content (AvgIpc) is 3.16. The molecule has 0 unspecified atom stereocenters. The number of hydrogen-bond acceptors (Lipinski definition) is 6. The van der Waals surface area contributed by atoms with E-state index in [9.17, 15) is 9.59 Å². The molecule has 2 N–H and O–H groups in total. The van der Waals surface area contributed by atoms with E-state index in [4.69, 9.17) is 14.0 Å². The average molecular weight is 395 g/mol. The first kappa shape index (κ1) is 19.9. The van der Waals surface area contributed by atoms with Crippen LogP contribution in [0.2, 0.25) is 0 Å². The number of carbonyl (C=O) groups excluding carboxylic acids is 2. The number of aromatic nitrogens is 1.